The molecule has 2 rings (SSSR count). The molecule has 0 saturated heterocycles. The Morgan fingerprint density at radius 3 is 2.48 bits per heavy atom. The lowest BCUT2D eigenvalue weighted by Crippen LogP contribution is -2.29. The van der Waals surface area contributed by atoms with Crippen molar-refractivity contribution in [2.75, 3.05) is 29.9 Å². The molecule has 1 aliphatic carbocycles. The minimum atomic E-state index is 0.353. The first-order valence-electron chi connectivity index (χ1n) is 8.44. The number of nitrogens with one attached hydrogen (secondary N) is 1. The van der Waals surface area contributed by atoms with Crippen LogP contribution < -0.4 is 10.2 Å². The molecule has 0 unspecified atom stereocenters. The molecule has 1 heterocycles. The van der Waals surface area contributed by atoms with Crippen LogP contribution in [0.1, 0.15) is 64.3 Å². The van der Waals surface area contributed by atoms with Gasteiger partial charge in [0.15, 0.2) is 0 Å². The van der Waals surface area contributed by atoms with E-state index in [0.717, 1.165) is 49.4 Å². The van der Waals surface area contributed by atoms with E-state index in [-0.39, 0.29) is 0 Å². The van der Waals surface area contributed by atoms with Crippen LogP contribution in [0.2, 0.25) is 0 Å². The Balaban J connectivity index is 2.36. The fourth-order valence-electron chi connectivity index (χ4n) is 2.59. The molecule has 0 bridgehead atoms. The molecular formula is C17H30N4. The van der Waals surface area contributed by atoms with Crippen LogP contribution in [0.5, 0.6) is 0 Å². The third-order valence-corrected chi connectivity index (χ3v) is 3.97. The lowest BCUT2D eigenvalue weighted by atomic mass is 10.2. The Labute approximate surface area is 129 Å². The van der Waals surface area contributed by atoms with Crippen molar-refractivity contribution in [3.8, 4) is 0 Å². The zero-order valence-corrected chi connectivity index (χ0v) is 14.2. The summed E-state index contributed by atoms with van der Waals surface area (Å²) < 4.78 is 0. The van der Waals surface area contributed by atoms with Gasteiger partial charge in [0.1, 0.15) is 17.5 Å². The van der Waals surface area contributed by atoms with E-state index in [4.69, 9.17) is 9.97 Å². The van der Waals surface area contributed by atoms with Gasteiger partial charge in [-0.2, -0.15) is 0 Å². The first-order valence-corrected chi connectivity index (χ1v) is 8.44. The Bertz CT molecular complexity index is 466. The number of hydrogen-bond donors (Lipinski definition) is 1. The minimum Gasteiger partial charge on any atom is -0.370 e. The summed E-state index contributed by atoms with van der Waals surface area (Å²) in [6.07, 6.45) is 3.91. The summed E-state index contributed by atoms with van der Waals surface area (Å²) in [6, 6.07) is 0. The van der Waals surface area contributed by atoms with Gasteiger partial charge in [-0.15, -0.1) is 0 Å². The maximum atomic E-state index is 4.89. The van der Waals surface area contributed by atoms with Crippen LogP contribution in [0, 0.1) is 12.8 Å². The summed E-state index contributed by atoms with van der Waals surface area (Å²) in [5, 5.41) is 3.40. The van der Waals surface area contributed by atoms with Gasteiger partial charge in [0, 0.05) is 31.1 Å². The van der Waals surface area contributed by atoms with E-state index in [0.29, 0.717) is 5.92 Å². The first-order chi connectivity index (χ1) is 10.1. The fraction of sp³-hybridized carbons (Fsp3) is 0.765. The summed E-state index contributed by atoms with van der Waals surface area (Å²) in [7, 11) is 0. The molecule has 118 valence electrons. The van der Waals surface area contributed by atoms with Crippen LogP contribution in [0.3, 0.4) is 0 Å². The van der Waals surface area contributed by atoms with E-state index in [1.165, 1.54) is 18.4 Å². The molecular weight excluding hydrogens is 260 g/mol. The van der Waals surface area contributed by atoms with E-state index >= 15 is 0 Å². The Morgan fingerprint density at radius 2 is 1.95 bits per heavy atom. The zero-order valence-electron chi connectivity index (χ0n) is 14.2. The van der Waals surface area contributed by atoms with Crippen molar-refractivity contribution in [2.24, 2.45) is 5.92 Å². The van der Waals surface area contributed by atoms with Crippen LogP contribution in [0.25, 0.3) is 0 Å². The van der Waals surface area contributed by atoms with Gasteiger partial charge in [-0.25, -0.2) is 9.97 Å². The number of rotatable bonds is 8. The number of nitrogens with zero attached hydrogens (tertiary/aromatic N) is 3. The summed E-state index contributed by atoms with van der Waals surface area (Å²) in [5.74, 6) is 4.31. The Kier molecular flexibility index (Phi) is 5.43. The molecule has 1 N–H and O–H groups in total. The Hall–Kier alpha value is -1.32. The van der Waals surface area contributed by atoms with Gasteiger partial charge >= 0.3 is 0 Å². The molecule has 1 aliphatic rings. The summed E-state index contributed by atoms with van der Waals surface area (Å²) >= 11 is 0. The third-order valence-electron chi connectivity index (χ3n) is 3.97. The highest BCUT2D eigenvalue weighted by Crippen LogP contribution is 2.33. The molecule has 0 radical (unpaired) electrons. The molecule has 0 aliphatic heterocycles. The van der Waals surface area contributed by atoms with Gasteiger partial charge in [0.2, 0.25) is 0 Å². The predicted octanol–water partition coefficient (Wildman–Crippen LogP) is 3.97. The van der Waals surface area contributed by atoms with Gasteiger partial charge in [-0.1, -0.05) is 20.8 Å². The van der Waals surface area contributed by atoms with Crippen molar-refractivity contribution in [3.05, 3.63) is 11.4 Å². The van der Waals surface area contributed by atoms with Crippen LogP contribution in [0.4, 0.5) is 11.6 Å². The van der Waals surface area contributed by atoms with Crippen molar-refractivity contribution < 1.29 is 0 Å². The smallest absolute Gasteiger partial charge is 0.137 e. The molecule has 21 heavy (non-hydrogen) atoms. The quantitative estimate of drug-likeness (QED) is 0.786. The second-order valence-electron chi connectivity index (χ2n) is 6.45. The molecule has 1 saturated carbocycles. The second-order valence-corrected chi connectivity index (χ2v) is 6.45. The summed E-state index contributed by atoms with van der Waals surface area (Å²) in [6.45, 7) is 13.9. The maximum absolute atomic E-state index is 4.89. The molecule has 1 aromatic heterocycles. The van der Waals surface area contributed by atoms with E-state index in [1.54, 1.807) is 0 Å². The van der Waals surface area contributed by atoms with Gasteiger partial charge < -0.3 is 10.2 Å². The SMILES string of the molecule is CCCN(CC1CC1)c1nc(C(C)C)nc(NCC)c1C. The van der Waals surface area contributed by atoms with Crippen LogP contribution in [-0.2, 0) is 0 Å². The fourth-order valence-corrected chi connectivity index (χ4v) is 2.59. The molecule has 0 amide bonds. The molecule has 0 atom stereocenters. The van der Waals surface area contributed by atoms with E-state index in [1.807, 2.05) is 0 Å². The van der Waals surface area contributed by atoms with Crippen molar-refractivity contribution in [1.29, 1.82) is 0 Å². The van der Waals surface area contributed by atoms with Crippen LogP contribution in [0.15, 0.2) is 0 Å². The predicted molar refractivity (Wildman–Crippen MR) is 90.2 cm³/mol. The largest absolute Gasteiger partial charge is 0.370 e. The number of aromatic nitrogens is 2. The van der Waals surface area contributed by atoms with Crippen LogP contribution >= 0.6 is 0 Å². The highest BCUT2D eigenvalue weighted by atomic mass is 15.2. The second kappa shape index (κ2) is 7.10. The minimum absolute atomic E-state index is 0.353. The monoisotopic (exact) mass is 290 g/mol. The molecule has 1 aromatic rings. The van der Waals surface area contributed by atoms with Crippen molar-refractivity contribution in [2.45, 2.75) is 59.8 Å². The average Bonchev–Trinajstić information content (AvgIpc) is 3.24. The van der Waals surface area contributed by atoms with E-state index in [9.17, 15) is 0 Å². The highest BCUT2D eigenvalue weighted by molar-refractivity contribution is 5.59. The summed E-state index contributed by atoms with van der Waals surface area (Å²) in [5.41, 5.74) is 1.19. The lowest BCUT2D eigenvalue weighted by molar-refractivity contribution is 0.684. The number of anilines is 2. The first kappa shape index (κ1) is 16.1. The van der Waals surface area contributed by atoms with Crippen molar-refractivity contribution in [1.82, 2.24) is 9.97 Å². The molecule has 0 aromatic carbocycles. The van der Waals surface area contributed by atoms with Crippen molar-refractivity contribution >= 4 is 11.6 Å². The van der Waals surface area contributed by atoms with Crippen LogP contribution in [-0.4, -0.2) is 29.6 Å². The van der Waals surface area contributed by atoms with Gasteiger partial charge in [0.05, 0.1) is 0 Å². The number of hydrogen-bond acceptors (Lipinski definition) is 4. The van der Waals surface area contributed by atoms with Gasteiger partial charge in [0.25, 0.3) is 0 Å². The van der Waals surface area contributed by atoms with E-state index in [2.05, 4.69) is 44.8 Å². The molecule has 0 spiro atoms. The average molecular weight is 290 g/mol. The molecule has 4 heteroatoms. The molecule has 4 nitrogen and oxygen atoms in total. The third kappa shape index (κ3) is 4.08. The summed E-state index contributed by atoms with van der Waals surface area (Å²) in [4.78, 5) is 12.1. The Morgan fingerprint density at radius 1 is 1.24 bits per heavy atom. The van der Waals surface area contributed by atoms with Gasteiger partial charge in [-0.3, -0.25) is 0 Å². The lowest BCUT2D eigenvalue weighted by Gasteiger charge is -2.26. The topological polar surface area (TPSA) is 41.1 Å². The normalized spacial score (nSPS) is 14.6. The molecule has 1 fully saturated rings. The van der Waals surface area contributed by atoms with Gasteiger partial charge in [-0.05, 0) is 39.0 Å². The van der Waals surface area contributed by atoms with E-state index < -0.39 is 0 Å². The zero-order chi connectivity index (χ0) is 15.4. The standard InChI is InChI=1S/C17H30N4/c1-6-10-21(11-14-8-9-14)17-13(5)16(18-7-2)19-15(20-17)12(3)4/h12,14H,6-11H2,1-5H3,(H,18,19,20). The maximum Gasteiger partial charge on any atom is 0.137 e. The van der Waals surface area contributed by atoms with Crippen molar-refractivity contribution in [3.63, 3.8) is 0 Å². The highest BCUT2D eigenvalue weighted by Gasteiger charge is 2.26.